The Morgan fingerprint density at radius 2 is 2.12 bits per heavy atom. The number of carbonyl (C=O) groups is 1. The van der Waals surface area contributed by atoms with E-state index in [1.165, 1.54) is 0 Å². The summed E-state index contributed by atoms with van der Waals surface area (Å²) in [5, 5.41) is 3.05. The smallest absolute Gasteiger partial charge is 0.237 e. The number of amides is 1. The number of hydrogen-bond acceptors (Lipinski definition) is 3. The van der Waals surface area contributed by atoms with Gasteiger partial charge in [0.1, 0.15) is 0 Å². The number of carbonyl (C=O) groups excluding carboxylic acids is 1. The largest absolute Gasteiger partial charge is 0.351 e. The van der Waals surface area contributed by atoms with Crippen molar-refractivity contribution in [3.63, 3.8) is 0 Å². The monoisotopic (exact) mass is 227 g/mol. The highest BCUT2D eigenvalue weighted by molar-refractivity contribution is 5.82. The number of piperidine rings is 1. The van der Waals surface area contributed by atoms with Gasteiger partial charge in [-0.1, -0.05) is 20.8 Å². The highest BCUT2D eigenvalue weighted by Crippen LogP contribution is 2.18. The lowest BCUT2D eigenvalue weighted by atomic mass is 9.86. The van der Waals surface area contributed by atoms with Gasteiger partial charge in [-0.2, -0.15) is 0 Å². The first-order chi connectivity index (χ1) is 7.30. The van der Waals surface area contributed by atoms with E-state index in [9.17, 15) is 4.79 Å². The van der Waals surface area contributed by atoms with E-state index in [4.69, 9.17) is 5.73 Å². The Labute approximate surface area is 98.6 Å². The topological polar surface area (TPSA) is 58.4 Å². The van der Waals surface area contributed by atoms with Gasteiger partial charge >= 0.3 is 0 Å². The molecular weight excluding hydrogens is 202 g/mol. The van der Waals surface area contributed by atoms with Crippen molar-refractivity contribution in [2.24, 2.45) is 11.1 Å². The second kappa shape index (κ2) is 5.15. The van der Waals surface area contributed by atoms with Crippen LogP contribution in [0.3, 0.4) is 0 Å². The SMILES string of the molecule is CN1CCCC(NC(=O)C(N)C(C)(C)C)C1. The molecule has 1 aliphatic rings. The van der Waals surface area contributed by atoms with Crippen molar-refractivity contribution in [3.05, 3.63) is 0 Å². The maximum absolute atomic E-state index is 11.9. The first-order valence-electron chi connectivity index (χ1n) is 6.05. The number of nitrogens with zero attached hydrogens (tertiary/aromatic N) is 1. The second-order valence-electron chi connectivity index (χ2n) is 5.95. The lowest BCUT2D eigenvalue weighted by Gasteiger charge is -2.33. The average Bonchev–Trinajstić information content (AvgIpc) is 2.15. The molecule has 0 radical (unpaired) electrons. The van der Waals surface area contributed by atoms with Gasteiger partial charge in [0.15, 0.2) is 0 Å². The van der Waals surface area contributed by atoms with Crippen molar-refractivity contribution in [3.8, 4) is 0 Å². The quantitative estimate of drug-likeness (QED) is 0.725. The molecule has 2 atom stereocenters. The fraction of sp³-hybridized carbons (Fsp3) is 0.917. The van der Waals surface area contributed by atoms with Gasteiger partial charge in [-0.3, -0.25) is 4.79 Å². The molecule has 2 unspecified atom stereocenters. The predicted molar refractivity (Wildman–Crippen MR) is 66.1 cm³/mol. The van der Waals surface area contributed by atoms with Crippen LogP contribution in [-0.4, -0.2) is 43.0 Å². The summed E-state index contributed by atoms with van der Waals surface area (Å²) in [5.74, 6) is -0.0206. The van der Waals surface area contributed by atoms with Crippen LogP contribution in [0.4, 0.5) is 0 Å². The Morgan fingerprint density at radius 3 is 2.62 bits per heavy atom. The summed E-state index contributed by atoms with van der Waals surface area (Å²) in [6, 6.07) is -0.167. The Kier molecular flexibility index (Phi) is 4.33. The molecule has 1 amide bonds. The van der Waals surface area contributed by atoms with Crippen molar-refractivity contribution in [1.82, 2.24) is 10.2 Å². The molecule has 1 heterocycles. The van der Waals surface area contributed by atoms with Crippen LogP contribution in [0.15, 0.2) is 0 Å². The minimum Gasteiger partial charge on any atom is -0.351 e. The Bertz CT molecular complexity index is 247. The van der Waals surface area contributed by atoms with Crippen LogP contribution in [0.5, 0.6) is 0 Å². The van der Waals surface area contributed by atoms with Crippen molar-refractivity contribution < 1.29 is 4.79 Å². The fourth-order valence-electron chi connectivity index (χ4n) is 1.97. The highest BCUT2D eigenvalue weighted by Gasteiger charge is 2.29. The molecule has 0 spiro atoms. The van der Waals surface area contributed by atoms with E-state index in [2.05, 4.69) is 17.3 Å². The number of rotatable bonds is 2. The third-order valence-corrected chi connectivity index (χ3v) is 3.19. The van der Waals surface area contributed by atoms with Crippen LogP contribution in [0.25, 0.3) is 0 Å². The van der Waals surface area contributed by atoms with Crippen LogP contribution < -0.4 is 11.1 Å². The Hall–Kier alpha value is -0.610. The summed E-state index contributed by atoms with van der Waals surface area (Å²) in [5.41, 5.74) is 5.74. The molecule has 4 nitrogen and oxygen atoms in total. The van der Waals surface area contributed by atoms with Gasteiger partial charge in [-0.05, 0) is 31.8 Å². The lowest BCUT2D eigenvalue weighted by molar-refractivity contribution is -0.125. The van der Waals surface area contributed by atoms with Crippen LogP contribution in [0.2, 0.25) is 0 Å². The van der Waals surface area contributed by atoms with Gasteiger partial charge in [-0.25, -0.2) is 0 Å². The van der Waals surface area contributed by atoms with Gasteiger partial charge in [0.25, 0.3) is 0 Å². The van der Waals surface area contributed by atoms with Gasteiger partial charge in [-0.15, -0.1) is 0 Å². The zero-order valence-corrected chi connectivity index (χ0v) is 10.9. The fourth-order valence-corrected chi connectivity index (χ4v) is 1.97. The molecule has 0 aliphatic carbocycles. The zero-order chi connectivity index (χ0) is 12.3. The molecule has 1 fully saturated rings. The molecule has 0 saturated carbocycles. The molecule has 1 aliphatic heterocycles. The molecule has 0 aromatic rings. The molecule has 94 valence electrons. The Morgan fingerprint density at radius 1 is 1.50 bits per heavy atom. The van der Waals surface area contributed by atoms with Crippen LogP contribution in [0.1, 0.15) is 33.6 Å². The summed E-state index contributed by atoms with van der Waals surface area (Å²) in [7, 11) is 2.09. The summed E-state index contributed by atoms with van der Waals surface area (Å²) in [4.78, 5) is 14.2. The molecule has 0 aromatic carbocycles. The first-order valence-corrected chi connectivity index (χ1v) is 6.05. The third kappa shape index (κ3) is 3.76. The predicted octanol–water partition coefficient (Wildman–Crippen LogP) is 0.570. The van der Waals surface area contributed by atoms with E-state index >= 15 is 0 Å². The normalized spacial score (nSPS) is 25.2. The molecule has 16 heavy (non-hydrogen) atoms. The standard InChI is InChI=1S/C12H25N3O/c1-12(2,3)10(13)11(16)14-9-6-5-7-15(4)8-9/h9-10H,5-8,13H2,1-4H3,(H,14,16). The molecule has 1 saturated heterocycles. The summed E-state index contributed by atoms with van der Waals surface area (Å²) >= 11 is 0. The van der Waals surface area contributed by atoms with Gasteiger partial charge < -0.3 is 16.0 Å². The number of likely N-dealkylation sites (tertiary alicyclic amines) is 1. The summed E-state index contributed by atoms with van der Waals surface area (Å²) in [6.07, 6.45) is 2.21. The summed E-state index contributed by atoms with van der Waals surface area (Å²) < 4.78 is 0. The van der Waals surface area contributed by atoms with Crippen molar-refractivity contribution in [2.45, 2.75) is 45.7 Å². The molecule has 0 bridgehead atoms. The maximum Gasteiger partial charge on any atom is 0.237 e. The maximum atomic E-state index is 11.9. The molecule has 3 N–H and O–H groups in total. The van der Waals surface area contributed by atoms with Gasteiger partial charge in [0, 0.05) is 12.6 Å². The second-order valence-corrected chi connectivity index (χ2v) is 5.95. The van der Waals surface area contributed by atoms with Crippen molar-refractivity contribution in [2.75, 3.05) is 20.1 Å². The van der Waals surface area contributed by atoms with Gasteiger partial charge in [0.05, 0.1) is 6.04 Å². The zero-order valence-electron chi connectivity index (χ0n) is 10.9. The van der Waals surface area contributed by atoms with Crippen LogP contribution >= 0.6 is 0 Å². The number of hydrogen-bond donors (Lipinski definition) is 2. The lowest BCUT2D eigenvalue weighted by Crippen LogP contribution is -2.54. The van der Waals surface area contributed by atoms with Gasteiger partial charge in [0.2, 0.25) is 5.91 Å². The molecular formula is C12H25N3O. The molecule has 4 heteroatoms. The van der Waals surface area contributed by atoms with Crippen molar-refractivity contribution in [1.29, 1.82) is 0 Å². The van der Waals surface area contributed by atoms with E-state index in [0.29, 0.717) is 0 Å². The minimum absolute atomic E-state index is 0.0206. The van der Waals surface area contributed by atoms with Crippen molar-refractivity contribution >= 4 is 5.91 Å². The van der Waals surface area contributed by atoms with E-state index in [1.54, 1.807) is 0 Å². The highest BCUT2D eigenvalue weighted by atomic mass is 16.2. The van der Waals surface area contributed by atoms with E-state index in [0.717, 1.165) is 25.9 Å². The Balaban J connectivity index is 2.45. The number of likely N-dealkylation sites (N-methyl/N-ethyl adjacent to an activating group) is 1. The first kappa shape index (κ1) is 13.5. The number of nitrogens with one attached hydrogen (secondary N) is 1. The van der Waals surface area contributed by atoms with E-state index < -0.39 is 6.04 Å². The van der Waals surface area contributed by atoms with Crippen LogP contribution in [0, 0.1) is 5.41 Å². The van der Waals surface area contributed by atoms with E-state index in [-0.39, 0.29) is 17.4 Å². The number of nitrogens with two attached hydrogens (primary N) is 1. The molecule has 1 rings (SSSR count). The minimum atomic E-state index is -0.431. The summed E-state index contributed by atoms with van der Waals surface area (Å²) in [6.45, 7) is 8.03. The van der Waals surface area contributed by atoms with Crippen LogP contribution in [-0.2, 0) is 4.79 Å². The van der Waals surface area contributed by atoms with E-state index in [1.807, 2.05) is 20.8 Å². The average molecular weight is 227 g/mol. The molecule has 0 aromatic heterocycles. The third-order valence-electron chi connectivity index (χ3n) is 3.19.